The Bertz CT molecular complexity index is 663. The standard InChI is InChI=1S/C17H25N3O3S/c21-17(19-15-2-1-11-18-12-15)10-5-13-3-8-16(9-4-13)24(22,23)20-14-6-7-14/h3-4,8-9,14-15,18,20H,1-2,5-7,10-12H2,(H,19,21). The summed E-state index contributed by atoms with van der Waals surface area (Å²) in [6, 6.07) is 7.14. The molecule has 0 spiro atoms. The van der Waals surface area contributed by atoms with Crippen LogP contribution in [0.1, 0.15) is 37.7 Å². The van der Waals surface area contributed by atoms with Gasteiger partial charge < -0.3 is 10.6 Å². The van der Waals surface area contributed by atoms with Crippen molar-refractivity contribution in [3.05, 3.63) is 29.8 Å². The molecule has 1 aliphatic heterocycles. The van der Waals surface area contributed by atoms with E-state index in [2.05, 4.69) is 15.4 Å². The normalized spacial score (nSPS) is 21.4. The molecule has 1 aliphatic carbocycles. The monoisotopic (exact) mass is 351 g/mol. The van der Waals surface area contributed by atoms with E-state index in [9.17, 15) is 13.2 Å². The van der Waals surface area contributed by atoms with Crippen molar-refractivity contribution in [2.75, 3.05) is 13.1 Å². The highest BCUT2D eigenvalue weighted by molar-refractivity contribution is 7.89. The minimum absolute atomic E-state index is 0.0517. The molecule has 2 fully saturated rings. The van der Waals surface area contributed by atoms with E-state index in [0.29, 0.717) is 12.8 Å². The molecule has 1 unspecified atom stereocenters. The van der Waals surface area contributed by atoms with Crippen LogP contribution in [0.3, 0.4) is 0 Å². The molecule has 24 heavy (non-hydrogen) atoms. The van der Waals surface area contributed by atoms with Gasteiger partial charge in [-0.2, -0.15) is 0 Å². The SMILES string of the molecule is O=C(CCc1ccc(S(=O)(=O)NC2CC2)cc1)NC1CCCNC1. The number of hydrogen-bond donors (Lipinski definition) is 3. The van der Waals surface area contributed by atoms with E-state index in [1.54, 1.807) is 24.3 Å². The van der Waals surface area contributed by atoms with E-state index >= 15 is 0 Å². The zero-order chi connectivity index (χ0) is 17.0. The molecule has 0 bridgehead atoms. The van der Waals surface area contributed by atoms with Gasteiger partial charge >= 0.3 is 0 Å². The fourth-order valence-corrected chi connectivity index (χ4v) is 4.16. The molecule has 3 rings (SSSR count). The van der Waals surface area contributed by atoms with E-state index in [-0.39, 0.29) is 22.9 Å². The third-order valence-corrected chi connectivity index (χ3v) is 5.97. The minimum Gasteiger partial charge on any atom is -0.352 e. The highest BCUT2D eigenvalue weighted by atomic mass is 32.2. The number of rotatable bonds is 7. The van der Waals surface area contributed by atoms with Gasteiger partial charge in [-0.3, -0.25) is 4.79 Å². The predicted molar refractivity (Wildman–Crippen MR) is 92.1 cm³/mol. The number of piperidine rings is 1. The van der Waals surface area contributed by atoms with Gasteiger partial charge in [0.05, 0.1) is 4.90 Å². The molecular weight excluding hydrogens is 326 g/mol. The van der Waals surface area contributed by atoms with E-state index in [4.69, 9.17) is 0 Å². The largest absolute Gasteiger partial charge is 0.352 e. The summed E-state index contributed by atoms with van der Waals surface area (Å²) in [7, 11) is -3.40. The zero-order valence-electron chi connectivity index (χ0n) is 13.8. The molecule has 1 amide bonds. The van der Waals surface area contributed by atoms with E-state index in [1.165, 1.54) is 0 Å². The maximum atomic E-state index is 12.1. The molecule has 1 saturated carbocycles. The highest BCUT2D eigenvalue weighted by Gasteiger charge is 2.27. The lowest BCUT2D eigenvalue weighted by atomic mass is 10.1. The van der Waals surface area contributed by atoms with Gasteiger partial charge in [0, 0.05) is 25.0 Å². The number of amides is 1. The smallest absolute Gasteiger partial charge is 0.240 e. The van der Waals surface area contributed by atoms with Crippen LogP contribution in [0.15, 0.2) is 29.2 Å². The molecule has 3 N–H and O–H groups in total. The Morgan fingerprint density at radius 2 is 1.88 bits per heavy atom. The first-order valence-electron chi connectivity index (χ1n) is 8.64. The highest BCUT2D eigenvalue weighted by Crippen LogP contribution is 2.22. The second-order valence-electron chi connectivity index (χ2n) is 6.65. The molecule has 0 aromatic heterocycles. The molecule has 2 aliphatic rings. The molecule has 132 valence electrons. The lowest BCUT2D eigenvalue weighted by Gasteiger charge is -2.23. The Morgan fingerprint density at radius 1 is 1.12 bits per heavy atom. The molecule has 6 nitrogen and oxygen atoms in total. The van der Waals surface area contributed by atoms with Crippen molar-refractivity contribution >= 4 is 15.9 Å². The number of carbonyl (C=O) groups excluding carboxylic acids is 1. The Hall–Kier alpha value is -1.44. The Labute approximate surface area is 143 Å². The van der Waals surface area contributed by atoms with Crippen molar-refractivity contribution in [2.45, 2.75) is 55.5 Å². The van der Waals surface area contributed by atoms with Crippen LogP contribution >= 0.6 is 0 Å². The summed E-state index contributed by atoms with van der Waals surface area (Å²) >= 11 is 0. The quantitative estimate of drug-likeness (QED) is 0.682. The maximum absolute atomic E-state index is 12.1. The fourth-order valence-electron chi connectivity index (χ4n) is 2.86. The third kappa shape index (κ3) is 5.03. The third-order valence-electron chi connectivity index (χ3n) is 4.44. The van der Waals surface area contributed by atoms with Crippen molar-refractivity contribution in [1.82, 2.24) is 15.4 Å². The van der Waals surface area contributed by atoms with Crippen molar-refractivity contribution in [3.63, 3.8) is 0 Å². The topological polar surface area (TPSA) is 87.3 Å². The van der Waals surface area contributed by atoms with Crippen LogP contribution in [0.4, 0.5) is 0 Å². The minimum atomic E-state index is -3.40. The molecule has 1 saturated heterocycles. The fraction of sp³-hybridized carbons (Fsp3) is 0.588. The molecule has 0 radical (unpaired) electrons. The van der Waals surface area contributed by atoms with Gasteiger partial charge in [-0.1, -0.05) is 12.1 Å². The summed E-state index contributed by atoms with van der Waals surface area (Å²) in [6.45, 7) is 1.86. The molecular formula is C17H25N3O3S. The average Bonchev–Trinajstić information content (AvgIpc) is 3.37. The molecule has 7 heteroatoms. The van der Waals surface area contributed by atoms with Gasteiger partial charge in [0.2, 0.25) is 15.9 Å². The lowest BCUT2D eigenvalue weighted by Crippen LogP contribution is -2.45. The molecule has 1 atom stereocenters. The van der Waals surface area contributed by atoms with Crippen LogP contribution in [0.25, 0.3) is 0 Å². The van der Waals surface area contributed by atoms with E-state index < -0.39 is 10.0 Å². The van der Waals surface area contributed by atoms with Crippen molar-refractivity contribution in [2.24, 2.45) is 0 Å². The predicted octanol–water partition coefficient (Wildman–Crippen LogP) is 0.928. The summed E-state index contributed by atoms with van der Waals surface area (Å²) in [5.41, 5.74) is 0.970. The zero-order valence-corrected chi connectivity index (χ0v) is 14.6. The summed E-state index contributed by atoms with van der Waals surface area (Å²) < 4.78 is 26.9. The van der Waals surface area contributed by atoms with Crippen LogP contribution in [0, 0.1) is 0 Å². The first-order chi connectivity index (χ1) is 11.5. The molecule has 1 heterocycles. The van der Waals surface area contributed by atoms with Gasteiger partial charge in [0.1, 0.15) is 0 Å². The van der Waals surface area contributed by atoms with E-state index in [0.717, 1.165) is 44.3 Å². The molecule has 1 aromatic carbocycles. The first-order valence-corrected chi connectivity index (χ1v) is 10.1. The maximum Gasteiger partial charge on any atom is 0.240 e. The second-order valence-corrected chi connectivity index (χ2v) is 8.36. The van der Waals surface area contributed by atoms with Crippen molar-refractivity contribution < 1.29 is 13.2 Å². The van der Waals surface area contributed by atoms with Crippen LogP contribution < -0.4 is 15.4 Å². The number of nitrogens with one attached hydrogen (secondary N) is 3. The Morgan fingerprint density at radius 3 is 2.50 bits per heavy atom. The Balaban J connectivity index is 1.47. The Kier molecular flexibility index (Phi) is 5.53. The average molecular weight is 351 g/mol. The van der Waals surface area contributed by atoms with Crippen molar-refractivity contribution in [1.29, 1.82) is 0 Å². The van der Waals surface area contributed by atoms with Crippen LogP contribution in [0.2, 0.25) is 0 Å². The van der Waals surface area contributed by atoms with Crippen LogP contribution in [-0.2, 0) is 21.2 Å². The second kappa shape index (κ2) is 7.63. The lowest BCUT2D eigenvalue weighted by molar-refractivity contribution is -0.121. The number of sulfonamides is 1. The van der Waals surface area contributed by atoms with Crippen molar-refractivity contribution in [3.8, 4) is 0 Å². The van der Waals surface area contributed by atoms with Gasteiger partial charge in [0.15, 0.2) is 0 Å². The van der Waals surface area contributed by atoms with Gasteiger partial charge in [0.25, 0.3) is 0 Å². The van der Waals surface area contributed by atoms with Gasteiger partial charge in [-0.15, -0.1) is 0 Å². The number of aryl methyl sites for hydroxylation is 1. The first kappa shape index (κ1) is 17.4. The number of benzene rings is 1. The summed E-state index contributed by atoms with van der Waals surface area (Å²) in [5.74, 6) is 0.0517. The summed E-state index contributed by atoms with van der Waals surface area (Å²) in [5, 5.41) is 6.32. The van der Waals surface area contributed by atoms with Gasteiger partial charge in [-0.25, -0.2) is 13.1 Å². The number of carbonyl (C=O) groups is 1. The summed E-state index contributed by atoms with van der Waals surface area (Å²) in [6.07, 6.45) is 4.99. The van der Waals surface area contributed by atoms with E-state index in [1.807, 2.05) is 0 Å². The molecule has 1 aromatic rings. The summed E-state index contributed by atoms with van der Waals surface area (Å²) in [4.78, 5) is 12.3. The van der Waals surface area contributed by atoms with Crippen LogP contribution in [-0.4, -0.2) is 39.5 Å². The van der Waals surface area contributed by atoms with Gasteiger partial charge in [-0.05, 0) is 56.3 Å². The number of hydrogen-bond acceptors (Lipinski definition) is 4. The van der Waals surface area contributed by atoms with Crippen LogP contribution in [0.5, 0.6) is 0 Å².